The maximum Gasteiger partial charge on any atom is 0.404 e. The number of hydrogen-bond acceptors (Lipinski definition) is 3. The highest BCUT2D eigenvalue weighted by atomic mass is 35.5. The van der Waals surface area contributed by atoms with Gasteiger partial charge in [-0.2, -0.15) is 0 Å². The quantitative estimate of drug-likeness (QED) is 0.878. The van der Waals surface area contributed by atoms with Crippen LogP contribution in [0.15, 0.2) is 18.2 Å². The van der Waals surface area contributed by atoms with Crippen molar-refractivity contribution in [3.05, 3.63) is 29.0 Å². The van der Waals surface area contributed by atoms with Crippen LogP contribution in [0.3, 0.4) is 0 Å². The Kier molecular flexibility index (Phi) is 4.06. The first kappa shape index (κ1) is 15.9. The molecular weight excluding hydrogens is 327 g/mol. The normalized spacial score (nSPS) is 19.0. The van der Waals surface area contributed by atoms with Crippen LogP contribution >= 0.6 is 11.6 Å². The number of benzene rings is 1. The second-order valence-corrected chi connectivity index (χ2v) is 6.58. The van der Waals surface area contributed by atoms with Crippen molar-refractivity contribution in [1.29, 1.82) is 0 Å². The first-order valence-corrected chi connectivity index (χ1v) is 7.60. The van der Waals surface area contributed by atoms with Crippen LogP contribution in [-0.2, 0) is 4.79 Å². The van der Waals surface area contributed by atoms with Crippen molar-refractivity contribution in [2.45, 2.75) is 18.9 Å². The van der Waals surface area contributed by atoms with E-state index < -0.39 is 11.9 Å². The van der Waals surface area contributed by atoms with Crippen molar-refractivity contribution in [2.75, 3.05) is 19.7 Å². The van der Waals surface area contributed by atoms with Gasteiger partial charge in [-0.25, -0.2) is 9.18 Å². The number of nitrogens with zero attached hydrogens (tertiary/aromatic N) is 1. The minimum Gasteiger partial charge on any atom is -0.484 e. The molecule has 2 N–H and O–H groups in total. The number of ether oxygens (including phenoxy) is 1. The van der Waals surface area contributed by atoms with Crippen molar-refractivity contribution < 1.29 is 23.8 Å². The maximum atomic E-state index is 13.3. The highest BCUT2D eigenvalue weighted by Gasteiger charge is 2.53. The molecule has 0 unspecified atom stereocenters. The van der Waals surface area contributed by atoms with E-state index in [0.29, 0.717) is 13.1 Å². The molecule has 1 saturated heterocycles. The molecule has 0 atom stereocenters. The molecule has 1 aliphatic heterocycles. The van der Waals surface area contributed by atoms with E-state index in [1.807, 2.05) is 0 Å². The first-order valence-electron chi connectivity index (χ1n) is 7.22. The van der Waals surface area contributed by atoms with Gasteiger partial charge in [-0.05, 0) is 25.0 Å². The number of amides is 2. The summed E-state index contributed by atoms with van der Waals surface area (Å²) in [7, 11) is 0. The Morgan fingerprint density at radius 2 is 2.13 bits per heavy atom. The largest absolute Gasteiger partial charge is 0.484 e. The summed E-state index contributed by atoms with van der Waals surface area (Å²) in [6.45, 7) is 1.07. The van der Waals surface area contributed by atoms with Crippen molar-refractivity contribution in [2.24, 2.45) is 5.41 Å². The molecular formula is C15H16ClFN2O4. The fourth-order valence-corrected chi connectivity index (χ4v) is 3.38. The predicted octanol–water partition coefficient (Wildman–Crippen LogP) is 2.12. The first-order chi connectivity index (χ1) is 10.9. The molecule has 1 saturated carbocycles. The number of likely N-dealkylation sites (tertiary alicyclic amines) is 1. The summed E-state index contributed by atoms with van der Waals surface area (Å²) < 4.78 is 18.5. The Morgan fingerprint density at radius 1 is 1.43 bits per heavy atom. The Hall–Kier alpha value is -2.02. The Balaban J connectivity index is 1.41. The van der Waals surface area contributed by atoms with Crippen molar-refractivity contribution in [1.82, 2.24) is 10.2 Å². The second-order valence-electron chi connectivity index (χ2n) is 6.17. The average Bonchev–Trinajstić information content (AvgIpc) is 2.40. The summed E-state index contributed by atoms with van der Waals surface area (Å²) >= 11 is 5.57. The van der Waals surface area contributed by atoms with Crippen LogP contribution in [0.1, 0.15) is 12.8 Å². The van der Waals surface area contributed by atoms with Gasteiger partial charge in [0.25, 0.3) is 5.91 Å². The standard InChI is InChI=1S/C15H16ClFN2O4/c16-11-2-1-10(3-12(11)17)23-6-13(20)19-7-15(8-19)4-9(5-15)18-14(21)22/h1-3,9,18H,4-8H2,(H,21,22). The Morgan fingerprint density at radius 3 is 2.74 bits per heavy atom. The molecule has 23 heavy (non-hydrogen) atoms. The summed E-state index contributed by atoms with van der Waals surface area (Å²) in [4.78, 5) is 24.2. The number of carbonyl (C=O) groups is 2. The van der Waals surface area contributed by atoms with Gasteiger partial charge in [0.2, 0.25) is 0 Å². The topological polar surface area (TPSA) is 78.9 Å². The molecule has 3 rings (SSSR count). The highest BCUT2D eigenvalue weighted by molar-refractivity contribution is 6.30. The molecule has 0 aromatic heterocycles. The summed E-state index contributed by atoms with van der Waals surface area (Å²) in [5.74, 6) is -0.503. The van der Waals surface area contributed by atoms with Crippen LogP contribution in [0.4, 0.5) is 9.18 Å². The molecule has 0 bridgehead atoms. The molecule has 0 radical (unpaired) electrons. The second kappa shape index (κ2) is 5.88. The molecule has 1 heterocycles. The van der Waals surface area contributed by atoms with E-state index in [4.69, 9.17) is 21.4 Å². The number of rotatable bonds is 4. The van der Waals surface area contributed by atoms with Gasteiger partial charge in [-0.15, -0.1) is 0 Å². The average molecular weight is 343 g/mol. The molecule has 1 aromatic carbocycles. The SMILES string of the molecule is O=C(O)NC1CC2(C1)CN(C(=O)COc1ccc(Cl)c(F)c1)C2. The third-order valence-corrected chi connectivity index (χ3v) is 4.65. The van der Waals surface area contributed by atoms with E-state index >= 15 is 0 Å². The molecule has 2 aliphatic rings. The van der Waals surface area contributed by atoms with Gasteiger partial charge >= 0.3 is 6.09 Å². The summed E-state index contributed by atoms with van der Waals surface area (Å²) in [5, 5.41) is 11.1. The Labute approximate surface area is 137 Å². The smallest absolute Gasteiger partial charge is 0.404 e. The van der Waals surface area contributed by atoms with Crippen LogP contribution in [0, 0.1) is 11.2 Å². The van der Waals surface area contributed by atoms with Gasteiger partial charge < -0.3 is 20.1 Å². The molecule has 124 valence electrons. The lowest BCUT2D eigenvalue weighted by atomic mass is 9.60. The number of hydrogen-bond donors (Lipinski definition) is 2. The van der Waals surface area contributed by atoms with Gasteiger partial charge in [0, 0.05) is 30.6 Å². The molecule has 8 heteroatoms. The minimum absolute atomic E-state index is 0.00266. The van der Waals surface area contributed by atoms with E-state index in [2.05, 4.69) is 5.32 Å². The highest BCUT2D eigenvalue weighted by Crippen LogP contribution is 2.48. The van der Waals surface area contributed by atoms with E-state index in [1.165, 1.54) is 12.1 Å². The zero-order chi connectivity index (χ0) is 16.6. The summed E-state index contributed by atoms with van der Waals surface area (Å²) in [5.41, 5.74) is 0.0508. The molecule has 1 aromatic rings. The summed E-state index contributed by atoms with van der Waals surface area (Å²) in [6.07, 6.45) is 0.499. The third-order valence-electron chi connectivity index (χ3n) is 4.35. The number of halogens is 2. The monoisotopic (exact) mass is 342 g/mol. The molecule has 2 fully saturated rings. The third kappa shape index (κ3) is 3.34. The van der Waals surface area contributed by atoms with Gasteiger partial charge in [-0.3, -0.25) is 4.79 Å². The number of nitrogens with one attached hydrogen (secondary N) is 1. The van der Waals surface area contributed by atoms with E-state index in [9.17, 15) is 14.0 Å². The number of carbonyl (C=O) groups excluding carboxylic acids is 1. The van der Waals surface area contributed by atoms with Crippen LogP contribution in [0.2, 0.25) is 5.02 Å². The van der Waals surface area contributed by atoms with Crippen LogP contribution in [0.25, 0.3) is 0 Å². The minimum atomic E-state index is -1.01. The Bertz CT molecular complexity index is 640. The molecule has 2 amide bonds. The zero-order valence-electron chi connectivity index (χ0n) is 12.2. The van der Waals surface area contributed by atoms with Crippen molar-refractivity contribution in [3.63, 3.8) is 0 Å². The van der Waals surface area contributed by atoms with Crippen molar-refractivity contribution in [3.8, 4) is 5.75 Å². The van der Waals surface area contributed by atoms with E-state index in [1.54, 1.807) is 4.90 Å². The van der Waals surface area contributed by atoms with Gasteiger partial charge in [0.05, 0.1) is 5.02 Å². The zero-order valence-corrected chi connectivity index (χ0v) is 13.0. The lowest BCUT2D eigenvalue weighted by Gasteiger charge is -2.58. The summed E-state index contributed by atoms with van der Waals surface area (Å²) in [6, 6.07) is 4.00. The van der Waals surface area contributed by atoms with E-state index in [-0.39, 0.29) is 34.7 Å². The van der Waals surface area contributed by atoms with Crippen molar-refractivity contribution >= 4 is 23.6 Å². The van der Waals surface area contributed by atoms with Crippen LogP contribution < -0.4 is 10.1 Å². The number of carboxylic acid groups (broad SMARTS) is 1. The molecule has 1 aliphatic carbocycles. The molecule has 6 nitrogen and oxygen atoms in total. The van der Waals surface area contributed by atoms with E-state index in [0.717, 1.165) is 18.9 Å². The van der Waals surface area contributed by atoms with Gasteiger partial charge in [0.1, 0.15) is 11.6 Å². The van der Waals surface area contributed by atoms with Gasteiger partial charge in [0.15, 0.2) is 6.61 Å². The van der Waals surface area contributed by atoms with Crippen LogP contribution in [0.5, 0.6) is 5.75 Å². The van der Waals surface area contributed by atoms with Gasteiger partial charge in [-0.1, -0.05) is 11.6 Å². The maximum absolute atomic E-state index is 13.3. The van der Waals surface area contributed by atoms with Crippen LogP contribution in [-0.4, -0.2) is 47.7 Å². The molecule has 1 spiro atoms. The predicted molar refractivity (Wildman–Crippen MR) is 80.1 cm³/mol. The fourth-order valence-electron chi connectivity index (χ4n) is 3.26. The lowest BCUT2D eigenvalue weighted by molar-refractivity contribution is -0.154. The lowest BCUT2D eigenvalue weighted by Crippen LogP contribution is -2.68. The fraction of sp³-hybridized carbons (Fsp3) is 0.467.